The van der Waals surface area contributed by atoms with E-state index in [0.29, 0.717) is 13.0 Å². The van der Waals surface area contributed by atoms with E-state index in [1.54, 1.807) is 0 Å². The summed E-state index contributed by atoms with van der Waals surface area (Å²) < 4.78 is 0. The number of nitrogens with one attached hydrogen (secondary N) is 1. The van der Waals surface area contributed by atoms with E-state index in [0.717, 1.165) is 37.3 Å². The molecule has 0 radical (unpaired) electrons. The van der Waals surface area contributed by atoms with Crippen LogP contribution in [0.2, 0.25) is 0 Å². The van der Waals surface area contributed by atoms with Crippen LogP contribution in [0.25, 0.3) is 10.9 Å². The minimum atomic E-state index is 0.248. The summed E-state index contributed by atoms with van der Waals surface area (Å²) >= 11 is 0. The first kappa shape index (κ1) is 13.9. The molecule has 0 saturated carbocycles. The lowest BCUT2D eigenvalue weighted by Crippen LogP contribution is -2.29. The van der Waals surface area contributed by atoms with Gasteiger partial charge in [0, 0.05) is 31.4 Å². The topological polar surface area (TPSA) is 45.2 Å². The number of fused-ring (bicyclic) bond motifs is 1. The van der Waals surface area contributed by atoms with Crippen LogP contribution in [0.3, 0.4) is 0 Å². The highest BCUT2D eigenvalue weighted by molar-refractivity contribution is 5.83. The van der Waals surface area contributed by atoms with Crippen LogP contribution in [0.1, 0.15) is 24.8 Å². The Balaban J connectivity index is 1.61. The molecule has 4 heteroatoms. The van der Waals surface area contributed by atoms with Crippen molar-refractivity contribution in [1.29, 1.82) is 0 Å². The molecule has 1 N–H and O–H groups in total. The van der Waals surface area contributed by atoms with Gasteiger partial charge in [-0.15, -0.1) is 0 Å². The quantitative estimate of drug-likeness (QED) is 0.938. The van der Waals surface area contributed by atoms with Crippen LogP contribution in [0, 0.1) is 6.92 Å². The maximum absolute atomic E-state index is 12.0. The molecule has 21 heavy (non-hydrogen) atoms. The summed E-state index contributed by atoms with van der Waals surface area (Å²) in [4.78, 5) is 18.5. The average Bonchev–Trinajstić information content (AvgIpc) is 3.01. The fraction of sp³-hybridized carbons (Fsp3) is 0.412. The molecule has 1 saturated heterocycles. The molecule has 3 rings (SSSR count). The van der Waals surface area contributed by atoms with Crippen molar-refractivity contribution in [3.8, 4) is 0 Å². The Morgan fingerprint density at radius 2 is 2.05 bits per heavy atom. The second-order valence-corrected chi connectivity index (χ2v) is 5.61. The van der Waals surface area contributed by atoms with Crippen LogP contribution in [0.15, 0.2) is 30.3 Å². The average molecular weight is 283 g/mol. The standard InChI is InChI=1S/C17H21N3O/c1-13-12-16(19-15-7-3-2-6-14(13)15)18-9-8-17(21)20-10-4-5-11-20/h2-3,6-7,12H,4-5,8-11H2,1H3,(H,18,19). The van der Waals surface area contributed by atoms with E-state index in [9.17, 15) is 4.79 Å². The molecule has 2 aromatic rings. The third kappa shape index (κ3) is 3.15. The second-order valence-electron chi connectivity index (χ2n) is 5.61. The van der Waals surface area contributed by atoms with Crippen molar-refractivity contribution in [2.45, 2.75) is 26.2 Å². The molecule has 0 spiro atoms. The van der Waals surface area contributed by atoms with Gasteiger partial charge in [0.25, 0.3) is 0 Å². The Morgan fingerprint density at radius 1 is 1.29 bits per heavy atom. The summed E-state index contributed by atoms with van der Waals surface area (Å²) in [6.07, 6.45) is 2.82. The number of amides is 1. The van der Waals surface area contributed by atoms with E-state index in [1.807, 2.05) is 29.2 Å². The number of para-hydroxylation sites is 1. The zero-order valence-corrected chi connectivity index (χ0v) is 12.4. The summed E-state index contributed by atoms with van der Waals surface area (Å²) in [7, 11) is 0. The molecule has 1 aliphatic rings. The Hall–Kier alpha value is -2.10. The van der Waals surface area contributed by atoms with Gasteiger partial charge in [-0.05, 0) is 37.5 Å². The van der Waals surface area contributed by atoms with Crippen LogP contribution >= 0.6 is 0 Å². The first-order valence-corrected chi connectivity index (χ1v) is 7.62. The minimum Gasteiger partial charge on any atom is -0.370 e. The largest absolute Gasteiger partial charge is 0.370 e. The van der Waals surface area contributed by atoms with Gasteiger partial charge in [0.05, 0.1) is 5.52 Å². The number of hydrogen-bond donors (Lipinski definition) is 1. The lowest BCUT2D eigenvalue weighted by molar-refractivity contribution is -0.129. The molecule has 1 aliphatic heterocycles. The minimum absolute atomic E-state index is 0.248. The number of benzene rings is 1. The SMILES string of the molecule is Cc1cc(NCCC(=O)N2CCCC2)nc2ccccc12. The molecule has 1 aromatic carbocycles. The first-order valence-electron chi connectivity index (χ1n) is 7.62. The Kier molecular flexibility index (Phi) is 4.04. The van der Waals surface area contributed by atoms with Crippen LogP contribution in [0.5, 0.6) is 0 Å². The van der Waals surface area contributed by atoms with Crippen LogP contribution < -0.4 is 5.32 Å². The molecule has 0 aliphatic carbocycles. The van der Waals surface area contributed by atoms with Gasteiger partial charge in [-0.2, -0.15) is 0 Å². The number of aromatic nitrogens is 1. The molecule has 1 aromatic heterocycles. The third-order valence-electron chi connectivity index (χ3n) is 4.03. The van der Waals surface area contributed by atoms with Gasteiger partial charge >= 0.3 is 0 Å². The molecule has 4 nitrogen and oxygen atoms in total. The summed E-state index contributed by atoms with van der Waals surface area (Å²) in [5, 5.41) is 4.45. The Labute approximate surface area is 125 Å². The van der Waals surface area contributed by atoms with Gasteiger partial charge in [-0.3, -0.25) is 4.79 Å². The number of carbonyl (C=O) groups is 1. The molecule has 0 bridgehead atoms. The smallest absolute Gasteiger partial charge is 0.224 e. The fourth-order valence-electron chi connectivity index (χ4n) is 2.86. The van der Waals surface area contributed by atoms with Gasteiger partial charge in [-0.25, -0.2) is 4.98 Å². The van der Waals surface area contributed by atoms with Crippen LogP contribution in [0.4, 0.5) is 5.82 Å². The number of anilines is 1. The predicted octanol–water partition coefficient (Wildman–Crippen LogP) is 2.97. The lowest BCUT2D eigenvalue weighted by atomic mass is 10.1. The molecule has 110 valence electrons. The predicted molar refractivity (Wildman–Crippen MR) is 85.4 cm³/mol. The number of rotatable bonds is 4. The Morgan fingerprint density at radius 3 is 2.86 bits per heavy atom. The monoisotopic (exact) mass is 283 g/mol. The number of pyridine rings is 1. The number of carbonyl (C=O) groups excluding carboxylic acids is 1. The van der Waals surface area contributed by atoms with Crippen molar-refractivity contribution < 1.29 is 4.79 Å². The van der Waals surface area contributed by atoms with E-state index >= 15 is 0 Å². The summed E-state index contributed by atoms with van der Waals surface area (Å²) in [6.45, 7) is 4.57. The molecule has 1 fully saturated rings. The molecule has 0 atom stereocenters. The maximum Gasteiger partial charge on any atom is 0.224 e. The van der Waals surface area contributed by atoms with E-state index in [1.165, 1.54) is 10.9 Å². The fourth-order valence-corrected chi connectivity index (χ4v) is 2.86. The Bertz CT molecular complexity index is 648. The normalized spacial score (nSPS) is 14.6. The highest BCUT2D eigenvalue weighted by atomic mass is 16.2. The maximum atomic E-state index is 12.0. The summed E-state index contributed by atoms with van der Waals surface area (Å²) in [5.74, 6) is 1.10. The third-order valence-corrected chi connectivity index (χ3v) is 4.03. The van der Waals surface area contributed by atoms with E-state index in [-0.39, 0.29) is 5.91 Å². The van der Waals surface area contributed by atoms with Crippen LogP contribution in [-0.4, -0.2) is 35.4 Å². The first-order chi connectivity index (χ1) is 10.2. The van der Waals surface area contributed by atoms with Gasteiger partial charge in [0.2, 0.25) is 5.91 Å². The zero-order valence-electron chi connectivity index (χ0n) is 12.4. The van der Waals surface area contributed by atoms with Gasteiger partial charge < -0.3 is 10.2 Å². The van der Waals surface area contributed by atoms with Crippen molar-refractivity contribution in [3.05, 3.63) is 35.9 Å². The number of aryl methyl sites for hydroxylation is 1. The second kappa shape index (κ2) is 6.12. The van der Waals surface area contributed by atoms with Gasteiger partial charge in [0.15, 0.2) is 0 Å². The molecule has 0 unspecified atom stereocenters. The van der Waals surface area contributed by atoms with Crippen molar-refractivity contribution in [2.24, 2.45) is 0 Å². The van der Waals surface area contributed by atoms with Crippen molar-refractivity contribution >= 4 is 22.6 Å². The van der Waals surface area contributed by atoms with Crippen molar-refractivity contribution in [3.63, 3.8) is 0 Å². The van der Waals surface area contributed by atoms with E-state index in [4.69, 9.17) is 0 Å². The molecule has 2 heterocycles. The summed E-state index contributed by atoms with van der Waals surface area (Å²) in [6, 6.07) is 10.2. The number of likely N-dealkylation sites (tertiary alicyclic amines) is 1. The molecular weight excluding hydrogens is 262 g/mol. The van der Waals surface area contributed by atoms with Crippen molar-refractivity contribution in [2.75, 3.05) is 25.0 Å². The lowest BCUT2D eigenvalue weighted by Gasteiger charge is -2.15. The highest BCUT2D eigenvalue weighted by Crippen LogP contribution is 2.19. The van der Waals surface area contributed by atoms with Gasteiger partial charge in [0.1, 0.15) is 5.82 Å². The molecular formula is C17H21N3O. The highest BCUT2D eigenvalue weighted by Gasteiger charge is 2.17. The van der Waals surface area contributed by atoms with Gasteiger partial charge in [-0.1, -0.05) is 18.2 Å². The zero-order chi connectivity index (χ0) is 14.7. The van der Waals surface area contributed by atoms with Crippen LogP contribution in [-0.2, 0) is 4.79 Å². The van der Waals surface area contributed by atoms with E-state index < -0.39 is 0 Å². The van der Waals surface area contributed by atoms with E-state index in [2.05, 4.69) is 23.3 Å². The molecule has 1 amide bonds. The van der Waals surface area contributed by atoms with Crippen molar-refractivity contribution in [1.82, 2.24) is 9.88 Å². The summed E-state index contributed by atoms with van der Waals surface area (Å²) in [5.41, 5.74) is 2.19. The number of hydrogen-bond acceptors (Lipinski definition) is 3. The number of nitrogens with zero attached hydrogens (tertiary/aromatic N) is 2.